The van der Waals surface area contributed by atoms with Crippen molar-refractivity contribution < 1.29 is 18.3 Å². The smallest absolute Gasteiger partial charge is 0.263 e. The van der Waals surface area contributed by atoms with Gasteiger partial charge in [0.15, 0.2) is 0 Å². The summed E-state index contributed by atoms with van der Waals surface area (Å²) < 4.78 is 26.3. The predicted molar refractivity (Wildman–Crippen MR) is 70.8 cm³/mol. The number of hydrogen-bond donors (Lipinski definition) is 1. The molecule has 104 valence electrons. The molecule has 1 N–H and O–H groups in total. The third-order valence-electron chi connectivity index (χ3n) is 2.36. The highest BCUT2D eigenvalue weighted by molar-refractivity contribution is 7.92. The molecule has 0 fully saturated rings. The number of rotatable bonds is 4. The van der Waals surface area contributed by atoms with Crippen LogP contribution in [0.25, 0.3) is 0 Å². The monoisotopic (exact) mass is 311 g/mol. The molecule has 0 saturated carbocycles. The van der Waals surface area contributed by atoms with Gasteiger partial charge in [0.05, 0.1) is 5.97 Å². The molecule has 20 heavy (non-hydrogen) atoms. The van der Waals surface area contributed by atoms with Gasteiger partial charge in [0.1, 0.15) is 10.0 Å². The Hall–Kier alpha value is -2.12. The van der Waals surface area contributed by atoms with E-state index in [1.165, 1.54) is 30.3 Å². The van der Waals surface area contributed by atoms with Crippen LogP contribution in [0.3, 0.4) is 0 Å². The van der Waals surface area contributed by atoms with Crippen LogP contribution in [0.2, 0.25) is 5.15 Å². The molecule has 6 nitrogen and oxygen atoms in total. The molecule has 1 heterocycles. The number of hydrogen-bond acceptors (Lipinski definition) is 5. The Morgan fingerprint density at radius 2 is 2.00 bits per heavy atom. The highest BCUT2D eigenvalue weighted by Gasteiger charge is 2.14. The van der Waals surface area contributed by atoms with Crippen molar-refractivity contribution in [3.8, 4) is 0 Å². The molecule has 0 atom stereocenters. The summed E-state index contributed by atoms with van der Waals surface area (Å²) in [4.78, 5) is 14.3. The second-order valence-electron chi connectivity index (χ2n) is 3.79. The number of sulfonamides is 1. The maximum Gasteiger partial charge on any atom is 0.263 e. The van der Waals surface area contributed by atoms with Gasteiger partial charge in [0.2, 0.25) is 0 Å². The molecule has 0 saturated heterocycles. The molecule has 0 unspecified atom stereocenters. The van der Waals surface area contributed by atoms with Crippen LogP contribution in [-0.4, -0.2) is 19.4 Å². The number of anilines is 1. The lowest BCUT2D eigenvalue weighted by molar-refractivity contribution is -0.255. The van der Waals surface area contributed by atoms with E-state index in [9.17, 15) is 18.3 Å². The SMILES string of the molecule is O=C([O-])c1cccc(NS(=O)(=O)c2ccc(Cl)nc2)c1. The number of carboxylic acid groups (broad SMARTS) is 1. The fraction of sp³-hybridized carbons (Fsp3) is 0. The Bertz CT molecular complexity index is 744. The lowest BCUT2D eigenvalue weighted by atomic mass is 10.2. The van der Waals surface area contributed by atoms with Crippen molar-refractivity contribution in [1.29, 1.82) is 0 Å². The Labute approximate surface area is 120 Å². The van der Waals surface area contributed by atoms with Crippen LogP contribution < -0.4 is 9.83 Å². The van der Waals surface area contributed by atoms with Gasteiger partial charge in [-0.3, -0.25) is 4.72 Å². The summed E-state index contributed by atoms with van der Waals surface area (Å²) in [6.07, 6.45) is 1.10. The highest BCUT2D eigenvalue weighted by atomic mass is 35.5. The number of carbonyl (C=O) groups is 1. The first kappa shape index (κ1) is 14.3. The van der Waals surface area contributed by atoms with Gasteiger partial charge in [0.25, 0.3) is 10.0 Å². The van der Waals surface area contributed by atoms with E-state index in [-0.39, 0.29) is 21.3 Å². The van der Waals surface area contributed by atoms with Crippen molar-refractivity contribution >= 4 is 33.3 Å². The summed E-state index contributed by atoms with van der Waals surface area (Å²) in [6.45, 7) is 0. The number of aromatic carboxylic acids is 1. The van der Waals surface area contributed by atoms with E-state index in [1.54, 1.807) is 0 Å². The summed E-state index contributed by atoms with van der Waals surface area (Å²) in [5.41, 5.74) is -0.0129. The number of benzene rings is 1. The van der Waals surface area contributed by atoms with Gasteiger partial charge >= 0.3 is 0 Å². The number of pyridine rings is 1. The zero-order chi connectivity index (χ0) is 14.8. The van der Waals surface area contributed by atoms with Crippen LogP contribution in [0.15, 0.2) is 47.5 Å². The van der Waals surface area contributed by atoms with E-state index in [2.05, 4.69) is 9.71 Å². The Kier molecular flexibility index (Phi) is 3.91. The summed E-state index contributed by atoms with van der Waals surface area (Å²) >= 11 is 5.58. The van der Waals surface area contributed by atoms with E-state index in [1.807, 2.05) is 0 Å². The van der Waals surface area contributed by atoms with Gasteiger partial charge in [-0.1, -0.05) is 23.7 Å². The summed E-state index contributed by atoms with van der Waals surface area (Å²) in [6, 6.07) is 7.93. The highest BCUT2D eigenvalue weighted by Crippen LogP contribution is 2.17. The Balaban J connectivity index is 2.31. The molecule has 0 spiro atoms. The minimum Gasteiger partial charge on any atom is -0.545 e. The number of halogens is 1. The lowest BCUT2D eigenvalue weighted by Gasteiger charge is -2.09. The lowest BCUT2D eigenvalue weighted by Crippen LogP contribution is -2.22. The van der Waals surface area contributed by atoms with Crippen molar-refractivity contribution in [1.82, 2.24) is 4.98 Å². The van der Waals surface area contributed by atoms with Gasteiger partial charge in [-0.25, -0.2) is 13.4 Å². The van der Waals surface area contributed by atoms with Gasteiger partial charge in [-0.05, 0) is 29.8 Å². The van der Waals surface area contributed by atoms with E-state index in [4.69, 9.17) is 11.6 Å². The minimum atomic E-state index is -3.86. The van der Waals surface area contributed by atoms with Crippen LogP contribution in [-0.2, 0) is 10.0 Å². The summed E-state index contributed by atoms with van der Waals surface area (Å²) in [5.74, 6) is -1.39. The average molecular weight is 312 g/mol. The molecule has 0 aliphatic carbocycles. The first-order valence-electron chi connectivity index (χ1n) is 5.34. The topological polar surface area (TPSA) is 99.2 Å². The fourth-order valence-corrected chi connectivity index (χ4v) is 2.55. The predicted octanol–water partition coefficient (Wildman–Crippen LogP) is 0.899. The minimum absolute atomic E-state index is 0.0826. The molecular weight excluding hydrogens is 304 g/mol. The number of nitrogens with one attached hydrogen (secondary N) is 1. The molecule has 0 aliphatic heterocycles. The fourth-order valence-electron chi connectivity index (χ4n) is 1.44. The average Bonchev–Trinajstić information content (AvgIpc) is 2.39. The quantitative estimate of drug-likeness (QED) is 0.846. The van der Waals surface area contributed by atoms with Crippen molar-refractivity contribution in [2.24, 2.45) is 0 Å². The van der Waals surface area contributed by atoms with Crippen molar-refractivity contribution in [2.45, 2.75) is 4.90 Å². The molecule has 2 rings (SSSR count). The molecule has 0 amide bonds. The van der Waals surface area contributed by atoms with E-state index < -0.39 is 16.0 Å². The Morgan fingerprint density at radius 3 is 2.60 bits per heavy atom. The summed E-state index contributed by atoms with van der Waals surface area (Å²) in [7, 11) is -3.86. The first-order valence-corrected chi connectivity index (χ1v) is 7.20. The normalized spacial score (nSPS) is 11.1. The molecule has 0 aliphatic rings. The van der Waals surface area contributed by atoms with E-state index in [0.717, 1.165) is 12.3 Å². The number of carbonyl (C=O) groups excluding carboxylic acids is 1. The molecular formula is C12H8ClN2O4S-. The van der Waals surface area contributed by atoms with E-state index >= 15 is 0 Å². The van der Waals surface area contributed by atoms with Crippen molar-refractivity contribution in [3.63, 3.8) is 0 Å². The zero-order valence-electron chi connectivity index (χ0n) is 9.91. The maximum absolute atomic E-state index is 12.0. The van der Waals surface area contributed by atoms with Crippen LogP contribution in [0.5, 0.6) is 0 Å². The molecule has 0 bridgehead atoms. The van der Waals surface area contributed by atoms with Crippen molar-refractivity contribution in [3.05, 3.63) is 53.3 Å². The van der Waals surface area contributed by atoms with Gasteiger partial charge < -0.3 is 9.90 Å². The van der Waals surface area contributed by atoms with Crippen LogP contribution in [0.1, 0.15) is 10.4 Å². The second-order valence-corrected chi connectivity index (χ2v) is 5.86. The van der Waals surface area contributed by atoms with Crippen LogP contribution in [0, 0.1) is 0 Å². The molecule has 0 radical (unpaired) electrons. The first-order chi connectivity index (χ1) is 9.38. The van der Waals surface area contributed by atoms with Crippen molar-refractivity contribution in [2.75, 3.05) is 4.72 Å². The third kappa shape index (κ3) is 3.25. The number of aromatic nitrogens is 1. The largest absolute Gasteiger partial charge is 0.545 e. The summed E-state index contributed by atoms with van der Waals surface area (Å²) in [5, 5.41) is 10.9. The standard InChI is InChI=1S/C12H9ClN2O4S/c13-11-5-4-10(7-14-11)20(18,19)15-9-3-1-2-8(6-9)12(16)17/h1-7,15H,(H,16,17)/p-1. The molecule has 8 heteroatoms. The van der Waals surface area contributed by atoms with Crippen LogP contribution >= 0.6 is 11.6 Å². The Morgan fingerprint density at radius 1 is 1.25 bits per heavy atom. The van der Waals surface area contributed by atoms with E-state index in [0.29, 0.717) is 0 Å². The second kappa shape index (κ2) is 5.48. The number of carboxylic acids is 1. The molecule has 1 aromatic carbocycles. The number of nitrogens with zero attached hydrogens (tertiary/aromatic N) is 1. The van der Waals surface area contributed by atoms with Gasteiger partial charge in [-0.15, -0.1) is 0 Å². The third-order valence-corrected chi connectivity index (χ3v) is 3.95. The van der Waals surface area contributed by atoms with Crippen LogP contribution in [0.4, 0.5) is 5.69 Å². The van der Waals surface area contributed by atoms with Gasteiger partial charge in [0, 0.05) is 11.9 Å². The maximum atomic E-state index is 12.0. The van der Waals surface area contributed by atoms with Gasteiger partial charge in [-0.2, -0.15) is 0 Å². The molecule has 2 aromatic rings. The molecule has 1 aromatic heterocycles. The zero-order valence-corrected chi connectivity index (χ0v) is 11.5.